The molecule has 140 valence electrons. The molecule has 0 aromatic heterocycles. The molecule has 2 saturated heterocycles. The molecule has 0 amide bonds. The summed E-state index contributed by atoms with van der Waals surface area (Å²) in [5.74, 6) is 2.63. The molecule has 3 rings (SSSR count). The topological polar surface area (TPSA) is 24.9 Å². The van der Waals surface area contributed by atoms with Gasteiger partial charge in [-0.1, -0.05) is 18.2 Å². The Bertz CT molecular complexity index is 508. The lowest BCUT2D eigenvalue weighted by Gasteiger charge is -2.34. The first kappa shape index (κ1) is 18.7. The smallest absolute Gasteiger partial charge is 0.122 e. The fourth-order valence-corrected chi connectivity index (χ4v) is 4.26. The number of hydrogen-bond donors (Lipinski definition) is 0. The lowest BCUT2D eigenvalue weighted by molar-refractivity contribution is 0.140. The first-order chi connectivity index (χ1) is 12.2. The summed E-state index contributed by atoms with van der Waals surface area (Å²) in [7, 11) is 4.05. The largest absolute Gasteiger partial charge is 0.496 e. The minimum absolute atomic E-state index is 0.756. The number of methoxy groups -OCH3 is 1. The van der Waals surface area contributed by atoms with Gasteiger partial charge in [-0.05, 0) is 69.3 Å². The highest BCUT2D eigenvalue weighted by atomic mass is 16.5. The maximum absolute atomic E-state index is 5.50. The molecule has 1 atom stereocenters. The zero-order chi connectivity index (χ0) is 17.5. The van der Waals surface area contributed by atoms with Crippen LogP contribution in [0.15, 0.2) is 24.3 Å². The van der Waals surface area contributed by atoms with Crippen LogP contribution in [0.3, 0.4) is 0 Å². The highest BCUT2D eigenvalue weighted by molar-refractivity contribution is 5.33. The number of para-hydroxylation sites is 1. The molecule has 4 nitrogen and oxygen atoms in total. The molecule has 2 heterocycles. The van der Waals surface area contributed by atoms with Gasteiger partial charge in [0.05, 0.1) is 13.7 Å². The van der Waals surface area contributed by atoms with Gasteiger partial charge in [-0.2, -0.15) is 0 Å². The van der Waals surface area contributed by atoms with Gasteiger partial charge < -0.3 is 19.3 Å². The van der Waals surface area contributed by atoms with Gasteiger partial charge in [-0.15, -0.1) is 0 Å². The summed E-state index contributed by atoms with van der Waals surface area (Å²) >= 11 is 0. The van der Waals surface area contributed by atoms with Crippen molar-refractivity contribution >= 4 is 0 Å². The summed E-state index contributed by atoms with van der Waals surface area (Å²) in [5, 5.41) is 0. The number of likely N-dealkylation sites (tertiary alicyclic amines) is 1. The van der Waals surface area contributed by atoms with E-state index < -0.39 is 0 Å². The Labute approximate surface area is 153 Å². The van der Waals surface area contributed by atoms with E-state index in [1.807, 2.05) is 6.07 Å². The van der Waals surface area contributed by atoms with Gasteiger partial charge >= 0.3 is 0 Å². The number of nitrogens with zero attached hydrogens (tertiary/aromatic N) is 2. The van der Waals surface area contributed by atoms with E-state index in [1.54, 1.807) is 7.11 Å². The molecule has 2 aliphatic rings. The highest BCUT2D eigenvalue weighted by Crippen LogP contribution is 2.22. The molecule has 0 N–H and O–H groups in total. The normalized spacial score (nSPS) is 22.6. The van der Waals surface area contributed by atoms with Gasteiger partial charge in [0, 0.05) is 26.2 Å². The van der Waals surface area contributed by atoms with Crippen LogP contribution in [0.4, 0.5) is 0 Å². The molecule has 0 spiro atoms. The van der Waals surface area contributed by atoms with E-state index in [9.17, 15) is 0 Å². The van der Waals surface area contributed by atoms with Crippen LogP contribution in [0.25, 0.3) is 0 Å². The number of piperidine rings is 1. The molecule has 1 unspecified atom stereocenters. The third-order valence-electron chi connectivity index (χ3n) is 5.76. The first-order valence-electron chi connectivity index (χ1n) is 9.85. The van der Waals surface area contributed by atoms with E-state index in [0.717, 1.165) is 43.8 Å². The Balaban J connectivity index is 1.35. The molecular formula is C21H34N2O2. The monoisotopic (exact) mass is 346 g/mol. The van der Waals surface area contributed by atoms with Crippen LogP contribution in [0.5, 0.6) is 5.75 Å². The van der Waals surface area contributed by atoms with Gasteiger partial charge in [0.2, 0.25) is 0 Å². The summed E-state index contributed by atoms with van der Waals surface area (Å²) in [4.78, 5) is 5.16. The van der Waals surface area contributed by atoms with Crippen molar-refractivity contribution in [3.63, 3.8) is 0 Å². The number of hydrogen-bond acceptors (Lipinski definition) is 4. The summed E-state index contributed by atoms with van der Waals surface area (Å²) in [6.45, 7) is 7.99. The van der Waals surface area contributed by atoms with Crippen LogP contribution in [-0.2, 0) is 11.2 Å². The first-order valence-corrected chi connectivity index (χ1v) is 9.85. The van der Waals surface area contributed by atoms with Gasteiger partial charge in [-0.25, -0.2) is 0 Å². The van der Waals surface area contributed by atoms with Gasteiger partial charge in [-0.3, -0.25) is 0 Å². The summed E-state index contributed by atoms with van der Waals surface area (Å²) in [6, 6.07) is 8.40. The average molecular weight is 347 g/mol. The Morgan fingerprint density at radius 2 is 1.88 bits per heavy atom. The Morgan fingerprint density at radius 3 is 2.60 bits per heavy atom. The highest BCUT2D eigenvalue weighted by Gasteiger charge is 2.23. The minimum Gasteiger partial charge on any atom is -0.496 e. The quantitative estimate of drug-likeness (QED) is 0.723. The van der Waals surface area contributed by atoms with Crippen LogP contribution in [-0.4, -0.2) is 69.9 Å². The number of rotatable bonds is 8. The maximum Gasteiger partial charge on any atom is 0.122 e. The van der Waals surface area contributed by atoms with Crippen LogP contribution >= 0.6 is 0 Å². The molecule has 1 aromatic carbocycles. The van der Waals surface area contributed by atoms with E-state index in [2.05, 4.69) is 35.0 Å². The minimum atomic E-state index is 0.756. The summed E-state index contributed by atoms with van der Waals surface area (Å²) in [5.41, 5.74) is 1.32. The Morgan fingerprint density at radius 1 is 1.12 bits per heavy atom. The van der Waals surface area contributed by atoms with Crippen molar-refractivity contribution in [2.24, 2.45) is 11.8 Å². The van der Waals surface area contributed by atoms with E-state index in [0.29, 0.717) is 0 Å². The Kier molecular flexibility index (Phi) is 7.14. The SMILES string of the molecule is COc1ccccc1CCN1CCC(CN(C)CC2CCOC2)CC1. The van der Waals surface area contributed by atoms with Crippen LogP contribution in [0.1, 0.15) is 24.8 Å². The summed E-state index contributed by atoms with van der Waals surface area (Å²) < 4.78 is 11.0. The molecule has 0 radical (unpaired) electrons. The molecule has 0 aliphatic carbocycles. The maximum atomic E-state index is 5.50. The van der Waals surface area contributed by atoms with E-state index in [1.165, 1.54) is 51.0 Å². The van der Waals surface area contributed by atoms with Crippen molar-refractivity contribution in [2.45, 2.75) is 25.7 Å². The fraction of sp³-hybridized carbons (Fsp3) is 0.714. The standard InChI is InChI=1S/C21H34N2O2/c1-22(16-19-10-14-25-17-19)15-18-7-11-23(12-8-18)13-9-20-5-3-4-6-21(20)24-2/h3-6,18-19H,7-17H2,1-2H3. The predicted octanol–water partition coefficient (Wildman–Crippen LogP) is 2.92. The fourth-order valence-electron chi connectivity index (χ4n) is 4.26. The molecule has 0 saturated carbocycles. The molecule has 2 fully saturated rings. The van der Waals surface area contributed by atoms with Crippen LogP contribution < -0.4 is 4.74 Å². The molecule has 4 heteroatoms. The molecule has 0 bridgehead atoms. The lowest BCUT2D eigenvalue weighted by Crippen LogP contribution is -2.39. The molecule has 2 aliphatic heterocycles. The second-order valence-corrected chi connectivity index (χ2v) is 7.80. The second-order valence-electron chi connectivity index (χ2n) is 7.80. The second kappa shape index (κ2) is 9.56. The molecular weight excluding hydrogens is 312 g/mol. The van der Waals surface area contributed by atoms with Crippen molar-refractivity contribution in [3.05, 3.63) is 29.8 Å². The van der Waals surface area contributed by atoms with Crippen molar-refractivity contribution in [2.75, 3.05) is 60.1 Å². The van der Waals surface area contributed by atoms with Gasteiger partial charge in [0.1, 0.15) is 5.75 Å². The zero-order valence-corrected chi connectivity index (χ0v) is 16.0. The zero-order valence-electron chi connectivity index (χ0n) is 16.0. The van der Waals surface area contributed by atoms with Gasteiger partial charge in [0.25, 0.3) is 0 Å². The molecule has 1 aromatic rings. The van der Waals surface area contributed by atoms with E-state index in [4.69, 9.17) is 9.47 Å². The van der Waals surface area contributed by atoms with Crippen molar-refractivity contribution in [1.29, 1.82) is 0 Å². The van der Waals surface area contributed by atoms with Crippen molar-refractivity contribution < 1.29 is 9.47 Å². The van der Waals surface area contributed by atoms with E-state index in [-0.39, 0.29) is 0 Å². The third kappa shape index (κ3) is 5.70. The third-order valence-corrected chi connectivity index (χ3v) is 5.76. The predicted molar refractivity (Wildman–Crippen MR) is 102 cm³/mol. The molecule has 25 heavy (non-hydrogen) atoms. The van der Waals surface area contributed by atoms with Crippen LogP contribution in [0, 0.1) is 11.8 Å². The number of benzene rings is 1. The number of ether oxygens (including phenoxy) is 2. The van der Waals surface area contributed by atoms with E-state index >= 15 is 0 Å². The average Bonchev–Trinajstić information content (AvgIpc) is 3.14. The van der Waals surface area contributed by atoms with Gasteiger partial charge in [0.15, 0.2) is 0 Å². The van der Waals surface area contributed by atoms with Crippen molar-refractivity contribution in [1.82, 2.24) is 9.80 Å². The van der Waals surface area contributed by atoms with Crippen molar-refractivity contribution in [3.8, 4) is 5.75 Å². The lowest BCUT2D eigenvalue weighted by atomic mass is 9.95. The van der Waals surface area contributed by atoms with Crippen LogP contribution in [0.2, 0.25) is 0 Å². The Hall–Kier alpha value is -1.10. The summed E-state index contributed by atoms with van der Waals surface area (Å²) in [6.07, 6.45) is 4.98.